The fourth-order valence-corrected chi connectivity index (χ4v) is 4.33. The van der Waals surface area contributed by atoms with Gasteiger partial charge >= 0.3 is 0 Å². The van der Waals surface area contributed by atoms with Crippen LogP contribution >= 0.6 is 15.9 Å². The molecule has 6 nitrogen and oxygen atoms in total. The van der Waals surface area contributed by atoms with Gasteiger partial charge in [-0.15, -0.1) is 0 Å². The van der Waals surface area contributed by atoms with E-state index in [1.807, 2.05) is 19.9 Å². The molecule has 2 aromatic carbocycles. The third-order valence-corrected chi connectivity index (χ3v) is 5.91. The lowest BCUT2D eigenvalue weighted by Gasteiger charge is -2.32. The molecule has 0 saturated carbocycles. The van der Waals surface area contributed by atoms with Crippen molar-refractivity contribution in [3.05, 3.63) is 80.7 Å². The number of rotatable bonds is 3. The van der Waals surface area contributed by atoms with Gasteiger partial charge in [0, 0.05) is 24.1 Å². The summed E-state index contributed by atoms with van der Waals surface area (Å²) in [6, 6.07) is 10.9. The number of aromatic nitrogens is 2. The maximum atomic E-state index is 13.9. The average molecular weight is 471 g/mol. The molecule has 4 rings (SSSR count). The first-order valence-corrected chi connectivity index (χ1v) is 10.2. The zero-order valence-corrected chi connectivity index (χ0v) is 18.2. The van der Waals surface area contributed by atoms with E-state index in [1.54, 1.807) is 42.1 Å². The number of aryl methyl sites for hydroxylation is 3. The van der Waals surface area contributed by atoms with Crippen LogP contribution < -0.4 is 10.6 Å². The monoisotopic (exact) mass is 470 g/mol. The number of fused-ring (bicyclic) bond motifs is 1. The molecule has 0 saturated heterocycles. The summed E-state index contributed by atoms with van der Waals surface area (Å²) < 4.78 is 15.8. The predicted molar refractivity (Wildman–Crippen MR) is 115 cm³/mol. The number of amides is 2. The van der Waals surface area contributed by atoms with E-state index >= 15 is 0 Å². The van der Waals surface area contributed by atoms with Crippen molar-refractivity contribution >= 4 is 33.6 Å². The first-order valence-electron chi connectivity index (χ1n) is 9.43. The molecule has 2 heterocycles. The van der Waals surface area contributed by atoms with Crippen LogP contribution in [0.2, 0.25) is 0 Å². The molecule has 1 aromatic heterocycles. The number of halogens is 2. The van der Waals surface area contributed by atoms with Crippen LogP contribution in [0.5, 0.6) is 0 Å². The quantitative estimate of drug-likeness (QED) is 0.610. The minimum atomic E-state index is -0.884. The van der Waals surface area contributed by atoms with E-state index in [0.29, 0.717) is 16.9 Å². The van der Waals surface area contributed by atoms with Gasteiger partial charge in [-0.05, 0) is 59.6 Å². The third kappa shape index (κ3) is 3.52. The second kappa shape index (κ2) is 7.68. The van der Waals surface area contributed by atoms with E-state index in [1.165, 1.54) is 6.07 Å². The Balaban J connectivity index is 1.80. The first kappa shape index (κ1) is 20.3. The number of carbonyl (C=O) groups excluding carboxylic acids is 2. The van der Waals surface area contributed by atoms with Gasteiger partial charge in [0.1, 0.15) is 17.7 Å². The minimum Gasteiger partial charge on any atom is -0.339 e. The van der Waals surface area contributed by atoms with Gasteiger partial charge in [-0.25, -0.2) is 4.39 Å². The Morgan fingerprint density at radius 1 is 1.23 bits per heavy atom. The summed E-state index contributed by atoms with van der Waals surface area (Å²) in [6.07, 6.45) is 0. The summed E-state index contributed by atoms with van der Waals surface area (Å²) in [5.41, 5.74) is 3.64. The molecule has 0 aliphatic carbocycles. The Kier molecular flexibility index (Phi) is 5.19. The summed E-state index contributed by atoms with van der Waals surface area (Å²) in [4.78, 5) is 26.0. The maximum Gasteiger partial charge on any atom is 0.251 e. The number of benzene rings is 2. The van der Waals surface area contributed by atoms with Gasteiger partial charge in [0.2, 0.25) is 5.91 Å². The van der Waals surface area contributed by atoms with E-state index in [2.05, 4.69) is 31.7 Å². The van der Waals surface area contributed by atoms with Crippen molar-refractivity contribution in [2.45, 2.75) is 25.8 Å². The Labute approximate surface area is 181 Å². The van der Waals surface area contributed by atoms with Crippen LogP contribution in [0.15, 0.2) is 46.9 Å². The molecule has 2 amide bonds. The molecule has 0 fully saturated rings. The molecule has 0 unspecified atom stereocenters. The van der Waals surface area contributed by atoms with Gasteiger partial charge in [0.15, 0.2) is 0 Å². The van der Waals surface area contributed by atoms with Gasteiger partial charge in [-0.2, -0.15) is 5.10 Å². The summed E-state index contributed by atoms with van der Waals surface area (Å²) >= 11 is 3.22. The number of nitrogens with zero attached hydrogens (tertiary/aromatic N) is 2. The maximum absolute atomic E-state index is 13.9. The van der Waals surface area contributed by atoms with E-state index < -0.39 is 17.8 Å². The molecule has 8 heteroatoms. The summed E-state index contributed by atoms with van der Waals surface area (Å²) in [5.74, 6) is -1.05. The zero-order valence-electron chi connectivity index (χ0n) is 16.7. The number of anilines is 1. The lowest BCUT2D eigenvalue weighted by Crippen LogP contribution is -2.50. The molecule has 30 heavy (non-hydrogen) atoms. The van der Waals surface area contributed by atoms with Crippen molar-refractivity contribution in [2.75, 3.05) is 5.32 Å². The van der Waals surface area contributed by atoms with Crippen LogP contribution in [-0.2, 0) is 11.8 Å². The van der Waals surface area contributed by atoms with Gasteiger partial charge < -0.3 is 10.6 Å². The molecule has 0 bridgehead atoms. The molecular formula is C22H20BrFN4O2. The predicted octanol–water partition coefficient (Wildman–Crippen LogP) is 3.82. The highest BCUT2D eigenvalue weighted by Crippen LogP contribution is 2.40. The molecule has 0 radical (unpaired) electrons. The second-order valence-electron chi connectivity index (χ2n) is 7.43. The topological polar surface area (TPSA) is 76.0 Å². The van der Waals surface area contributed by atoms with Crippen LogP contribution in [0.1, 0.15) is 38.7 Å². The van der Waals surface area contributed by atoms with E-state index in [0.717, 1.165) is 16.8 Å². The van der Waals surface area contributed by atoms with Crippen LogP contribution in [-0.4, -0.2) is 27.6 Å². The Hall–Kier alpha value is -3.00. The number of nitrogens with one attached hydrogen (secondary N) is 2. The molecule has 1 aliphatic heterocycles. The van der Waals surface area contributed by atoms with Crippen molar-refractivity contribution in [3.63, 3.8) is 0 Å². The molecule has 154 valence electrons. The van der Waals surface area contributed by atoms with Gasteiger partial charge in [0.25, 0.3) is 5.91 Å². The molecule has 2 N–H and O–H groups in total. The summed E-state index contributed by atoms with van der Waals surface area (Å²) in [6.45, 7) is 3.75. The number of hydrogen-bond donors (Lipinski definition) is 2. The fraction of sp³-hybridized carbons (Fsp3) is 0.227. The number of hydrogen-bond acceptors (Lipinski definition) is 3. The smallest absolute Gasteiger partial charge is 0.251 e. The molecule has 3 aromatic rings. The first-order chi connectivity index (χ1) is 14.3. The fourth-order valence-electron chi connectivity index (χ4n) is 3.93. The van der Waals surface area contributed by atoms with Crippen molar-refractivity contribution in [1.82, 2.24) is 15.1 Å². The van der Waals surface area contributed by atoms with Gasteiger partial charge in [0.05, 0.1) is 10.2 Å². The van der Waals surface area contributed by atoms with Crippen LogP contribution in [0.3, 0.4) is 0 Å². The van der Waals surface area contributed by atoms with E-state index in [-0.39, 0.29) is 16.3 Å². The Morgan fingerprint density at radius 2 is 2.00 bits per heavy atom. The normalized spacial score (nSPS) is 18.0. The zero-order chi connectivity index (χ0) is 21.6. The molecule has 0 spiro atoms. The molecular weight excluding hydrogens is 451 g/mol. The highest BCUT2D eigenvalue weighted by molar-refractivity contribution is 9.10. The van der Waals surface area contributed by atoms with E-state index in [4.69, 9.17) is 0 Å². The highest BCUT2D eigenvalue weighted by atomic mass is 79.9. The molecule has 1 aliphatic rings. The average Bonchev–Trinajstić information content (AvgIpc) is 2.98. The van der Waals surface area contributed by atoms with Crippen molar-refractivity contribution in [3.8, 4) is 0 Å². The second-order valence-corrected chi connectivity index (χ2v) is 8.29. The third-order valence-electron chi connectivity index (χ3n) is 5.31. The van der Waals surface area contributed by atoms with E-state index in [9.17, 15) is 14.0 Å². The Morgan fingerprint density at radius 3 is 2.70 bits per heavy atom. The summed E-state index contributed by atoms with van der Waals surface area (Å²) in [5, 5.41) is 10.2. The largest absolute Gasteiger partial charge is 0.339 e. The minimum absolute atomic E-state index is 0.290. The number of carbonyl (C=O) groups is 2. The van der Waals surface area contributed by atoms with Gasteiger partial charge in [-0.1, -0.05) is 23.8 Å². The van der Waals surface area contributed by atoms with Crippen molar-refractivity contribution in [1.29, 1.82) is 0 Å². The standard InChI is InChI=1S/C22H20BrFN4O2/c1-11-5-4-6-14(9-11)21(29)25-19-18(13-7-8-16(24)15(23)10-13)17-12(2)27-28(3)20(17)26-22(19)30/h4-10,18-19H,1-3H3,(H,25,29)(H,26,30)/t18-,19+/m1/s1. The highest BCUT2D eigenvalue weighted by Gasteiger charge is 2.41. The Bertz CT molecular complexity index is 1170. The van der Waals surface area contributed by atoms with Crippen molar-refractivity contribution < 1.29 is 14.0 Å². The van der Waals surface area contributed by atoms with Crippen LogP contribution in [0.25, 0.3) is 0 Å². The SMILES string of the molecule is Cc1cccc(C(=O)N[C@@H]2C(=O)Nc3c(c(C)nn3C)[C@H]2c2ccc(F)c(Br)c2)c1. The van der Waals surface area contributed by atoms with Crippen LogP contribution in [0.4, 0.5) is 10.2 Å². The van der Waals surface area contributed by atoms with Crippen molar-refractivity contribution in [2.24, 2.45) is 7.05 Å². The molecule has 2 atom stereocenters. The lowest BCUT2D eigenvalue weighted by atomic mass is 9.82. The van der Waals surface area contributed by atoms with Gasteiger partial charge in [-0.3, -0.25) is 14.3 Å². The lowest BCUT2D eigenvalue weighted by molar-refractivity contribution is -0.118. The van der Waals surface area contributed by atoms with Crippen LogP contribution in [0, 0.1) is 19.7 Å². The summed E-state index contributed by atoms with van der Waals surface area (Å²) in [7, 11) is 1.75.